The second-order valence-electron chi connectivity index (χ2n) is 3.75. The molecular formula is C10H18Br2. The van der Waals surface area contributed by atoms with E-state index in [1.165, 1.54) is 11.1 Å². The highest BCUT2D eigenvalue weighted by Crippen LogP contribution is 2.31. The van der Waals surface area contributed by atoms with E-state index in [9.17, 15) is 0 Å². The highest BCUT2D eigenvalue weighted by Gasteiger charge is 2.15. The van der Waals surface area contributed by atoms with E-state index in [4.69, 9.17) is 0 Å². The van der Waals surface area contributed by atoms with Crippen LogP contribution in [0.3, 0.4) is 0 Å². The lowest BCUT2D eigenvalue weighted by molar-refractivity contribution is 0.691. The molecule has 0 heterocycles. The minimum atomic E-state index is 0.326. The monoisotopic (exact) mass is 296 g/mol. The first-order chi connectivity index (χ1) is 5.37. The highest BCUT2D eigenvalue weighted by molar-refractivity contribution is 9.24. The van der Waals surface area contributed by atoms with Gasteiger partial charge in [-0.25, -0.2) is 0 Å². The number of alkyl halides is 2. The first-order valence-corrected chi connectivity index (χ1v) is 6.19. The molecule has 0 amide bonds. The summed E-state index contributed by atoms with van der Waals surface area (Å²) in [6.45, 7) is 11.2. The molecule has 0 nitrogen and oxygen atoms in total. The van der Waals surface area contributed by atoms with E-state index in [-0.39, 0.29) is 0 Å². The first-order valence-electron chi connectivity index (χ1n) is 4.36. The van der Waals surface area contributed by atoms with E-state index < -0.39 is 0 Å². The fourth-order valence-electron chi connectivity index (χ4n) is 1.21. The van der Waals surface area contributed by atoms with Crippen LogP contribution in [-0.2, 0) is 0 Å². The molecule has 0 fully saturated rings. The Hall–Kier alpha value is 0.700. The molecule has 0 spiro atoms. The Bertz CT molecular complexity index is 157. The number of hydrogen-bond acceptors (Lipinski definition) is 0. The van der Waals surface area contributed by atoms with Gasteiger partial charge in [0.15, 0.2) is 0 Å². The van der Waals surface area contributed by atoms with Crippen molar-refractivity contribution in [1.82, 2.24) is 0 Å². The molecule has 0 aliphatic rings. The highest BCUT2D eigenvalue weighted by atomic mass is 79.9. The van der Waals surface area contributed by atoms with Crippen molar-refractivity contribution in [2.75, 3.05) is 0 Å². The van der Waals surface area contributed by atoms with Crippen molar-refractivity contribution in [3.05, 3.63) is 11.1 Å². The van der Waals surface area contributed by atoms with E-state index in [1.54, 1.807) is 0 Å². The van der Waals surface area contributed by atoms with Crippen LogP contribution in [0.1, 0.15) is 34.6 Å². The van der Waals surface area contributed by atoms with E-state index in [1.807, 2.05) is 0 Å². The summed E-state index contributed by atoms with van der Waals surface area (Å²) in [5, 5.41) is 0. The SMILES string of the molecule is C/C(=C(/C(C)C)C(Br)Br)C(C)C. The Morgan fingerprint density at radius 2 is 1.33 bits per heavy atom. The molecule has 0 radical (unpaired) electrons. The molecule has 0 rings (SSSR count). The lowest BCUT2D eigenvalue weighted by atomic mass is 9.93. The van der Waals surface area contributed by atoms with Crippen LogP contribution < -0.4 is 0 Å². The summed E-state index contributed by atoms with van der Waals surface area (Å²) < 4.78 is 0.326. The zero-order chi connectivity index (χ0) is 9.89. The van der Waals surface area contributed by atoms with Crippen LogP contribution in [0.5, 0.6) is 0 Å². The zero-order valence-corrected chi connectivity index (χ0v) is 11.7. The summed E-state index contributed by atoms with van der Waals surface area (Å²) in [5.41, 5.74) is 2.97. The van der Waals surface area contributed by atoms with Gasteiger partial charge in [-0.15, -0.1) is 0 Å². The van der Waals surface area contributed by atoms with Crippen LogP contribution in [0.4, 0.5) is 0 Å². The molecule has 0 aromatic carbocycles. The van der Waals surface area contributed by atoms with Gasteiger partial charge in [0, 0.05) is 0 Å². The molecule has 0 unspecified atom stereocenters. The lowest BCUT2D eigenvalue weighted by Crippen LogP contribution is -2.07. The van der Waals surface area contributed by atoms with Gasteiger partial charge in [0.2, 0.25) is 0 Å². The lowest BCUT2D eigenvalue weighted by Gasteiger charge is -2.19. The van der Waals surface area contributed by atoms with Gasteiger partial charge < -0.3 is 0 Å². The molecular weight excluding hydrogens is 280 g/mol. The third kappa shape index (κ3) is 3.61. The Kier molecular flexibility index (Phi) is 5.75. The third-order valence-electron chi connectivity index (χ3n) is 2.18. The second kappa shape index (κ2) is 5.43. The maximum absolute atomic E-state index is 3.57. The van der Waals surface area contributed by atoms with Gasteiger partial charge in [-0.1, -0.05) is 65.1 Å². The van der Waals surface area contributed by atoms with Gasteiger partial charge in [0.25, 0.3) is 0 Å². The molecule has 0 aliphatic heterocycles. The summed E-state index contributed by atoms with van der Waals surface area (Å²) in [6.07, 6.45) is 0. The normalized spacial score (nSPS) is 14.5. The van der Waals surface area contributed by atoms with E-state index in [0.29, 0.717) is 15.6 Å². The fraction of sp³-hybridized carbons (Fsp3) is 0.800. The largest absolute Gasteiger partial charge is 0.0911 e. The van der Waals surface area contributed by atoms with Crippen molar-refractivity contribution in [2.24, 2.45) is 11.8 Å². The van der Waals surface area contributed by atoms with Gasteiger partial charge in [-0.3, -0.25) is 0 Å². The molecule has 0 saturated heterocycles. The van der Waals surface area contributed by atoms with Gasteiger partial charge >= 0.3 is 0 Å². The van der Waals surface area contributed by atoms with E-state index in [2.05, 4.69) is 66.5 Å². The number of allylic oxidation sites excluding steroid dienone is 2. The quantitative estimate of drug-likeness (QED) is 0.522. The van der Waals surface area contributed by atoms with Gasteiger partial charge in [-0.05, 0) is 24.3 Å². The molecule has 0 saturated carbocycles. The van der Waals surface area contributed by atoms with Gasteiger partial charge in [0.1, 0.15) is 0 Å². The number of halogens is 2. The Morgan fingerprint density at radius 3 is 1.42 bits per heavy atom. The summed E-state index contributed by atoms with van der Waals surface area (Å²) in [6, 6.07) is 0. The summed E-state index contributed by atoms with van der Waals surface area (Å²) in [5.74, 6) is 1.25. The third-order valence-corrected chi connectivity index (χ3v) is 3.16. The van der Waals surface area contributed by atoms with Crippen LogP contribution in [-0.4, -0.2) is 3.74 Å². The van der Waals surface area contributed by atoms with Crippen LogP contribution in [0.25, 0.3) is 0 Å². The molecule has 12 heavy (non-hydrogen) atoms. The second-order valence-corrected chi connectivity index (χ2v) is 6.81. The van der Waals surface area contributed by atoms with Crippen LogP contribution >= 0.6 is 31.9 Å². The molecule has 0 aromatic rings. The maximum atomic E-state index is 3.57. The zero-order valence-electron chi connectivity index (χ0n) is 8.49. The topological polar surface area (TPSA) is 0 Å². The molecule has 72 valence electrons. The Morgan fingerprint density at radius 1 is 0.917 bits per heavy atom. The Labute approximate surface area is 93.1 Å². The molecule has 0 aromatic heterocycles. The molecule has 0 aliphatic carbocycles. The van der Waals surface area contributed by atoms with Crippen molar-refractivity contribution >= 4 is 31.9 Å². The van der Waals surface area contributed by atoms with Crippen LogP contribution in [0, 0.1) is 11.8 Å². The predicted octanol–water partition coefficient (Wildman–Crippen LogP) is 4.73. The number of rotatable bonds is 3. The number of hydrogen-bond donors (Lipinski definition) is 0. The average Bonchev–Trinajstić information content (AvgIpc) is 1.85. The Balaban J connectivity index is 4.81. The summed E-state index contributed by atoms with van der Waals surface area (Å²) in [7, 11) is 0. The van der Waals surface area contributed by atoms with Crippen LogP contribution in [0.2, 0.25) is 0 Å². The van der Waals surface area contributed by atoms with Crippen molar-refractivity contribution in [1.29, 1.82) is 0 Å². The average molecular weight is 298 g/mol. The smallest absolute Gasteiger partial charge is 0.0715 e. The minimum Gasteiger partial charge on any atom is -0.0715 e. The molecule has 0 atom stereocenters. The summed E-state index contributed by atoms with van der Waals surface area (Å²) >= 11 is 7.14. The van der Waals surface area contributed by atoms with Gasteiger partial charge in [-0.2, -0.15) is 0 Å². The van der Waals surface area contributed by atoms with Crippen molar-refractivity contribution in [3.8, 4) is 0 Å². The molecule has 0 N–H and O–H groups in total. The predicted molar refractivity (Wildman–Crippen MR) is 64.0 cm³/mol. The minimum absolute atomic E-state index is 0.326. The van der Waals surface area contributed by atoms with E-state index in [0.717, 1.165) is 0 Å². The van der Waals surface area contributed by atoms with Crippen molar-refractivity contribution in [3.63, 3.8) is 0 Å². The molecule has 0 bridgehead atoms. The first kappa shape index (κ1) is 12.7. The van der Waals surface area contributed by atoms with Crippen molar-refractivity contribution < 1.29 is 0 Å². The van der Waals surface area contributed by atoms with Crippen LogP contribution in [0.15, 0.2) is 11.1 Å². The maximum Gasteiger partial charge on any atom is 0.0911 e. The van der Waals surface area contributed by atoms with Gasteiger partial charge in [0.05, 0.1) is 3.74 Å². The van der Waals surface area contributed by atoms with Crippen molar-refractivity contribution in [2.45, 2.75) is 38.4 Å². The standard InChI is InChI=1S/C10H18Br2/c1-6(2)8(5)9(7(3)4)10(11)12/h6-7,10H,1-5H3/b9-8+. The fourth-order valence-corrected chi connectivity index (χ4v) is 2.99. The van der Waals surface area contributed by atoms with E-state index >= 15 is 0 Å². The summed E-state index contributed by atoms with van der Waals surface area (Å²) in [4.78, 5) is 0. The molecule has 2 heteroatoms.